The summed E-state index contributed by atoms with van der Waals surface area (Å²) in [5, 5.41) is 14.1. The van der Waals surface area contributed by atoms with Gasteiger partial charge in [-0.2, -0.15) is 5.10 Å². The first-order valence-corrected chi connectivity index (χ1v) is 6.90. The van der Waals surface area contributed by atoms with E-state index in [4.69, 9.17) is 16.3 Å². The van der Waals surface area contributed by atoms with Crippen LogP contribution < -0.4 is 10.2 Å². The van der Waals surface area contributed by atoms with Gasteiger partial charge in [0.15, 0.2) is 11.5 Å². The quantitative estimate of drug-likeness (QED) is 0.658. The second-order valence-corrected chi connectivity index (χ2v) is 4.94. The molecule has 0 atom stereocenters. The van der Waals surface area contributed by atoms with Gasteiger partial charge in [-0.1, -0.05) is 41.9 Å². The third-order valence-corrected chi connectivity index (χ3v) is 3.11. The van der Waals surface area contributed by atoms with Crippen LogP contribution in [0.2, 0.25) is 5.02 Å². The first kappa shape index (κ1) is 15.9. The smallest absolute Gasteiger partial charge is 0.244 e. The average molecular weight is 319 g/mol. The number of carbonyl (C=O) groups excluding carboxylic acids is 1. The predicted molar refractivity (Wildman–Crippen MR) is 85.6 cm³/mol. The molecule has 6 heteroatoms. The Hall–Kier alpha value is -2.53. The van der Waals surface area contributed by atoms with E-state index in [1.807, 2.05) is 30.3 Å². The first-order chi connectivity index (χ1) is 10.6. The molecule has 0 saturated carbocycles. The summed E-state index contributed by atoms with van der Waals surface area (Å²) in [4.78, 5) is 11.7. The molecular formula is C16H15ClN2O3. The molecule has 2 rings (SSSR count). The van der Waals surface area contributed by atoms with E-state index in [0.717, 1.165) is 5.56 Å². The Kier molecular flexibility index (Phi) is 5.38. The lowest BCUT2D eigenvalue weighted by molar-refractivity contribution is -0.120. The maximum Gasteiger partial charge on any atom is 0.244 e. The third-order valence-electron chi connectivity index (χ3n) is 2.89. The van der Waals surface area contributed by atoms with Crippen LogP contribution in [0.25, 0.3) is 0 Å². The summed E-state index contributed by atoms with van der Waals surface area (Å²) >= 11 is 5.91. The van der Waals surface area contributed by atoms with Crippen molar-refractivity contribution in [1.82, 2.24) is 5.43 Å². The maximum atomic E-state index is 11.7. The van der Waals surface area contributed by atoms with Crippen LogP contribution in [0.15, 0.2) is 47.6 Å². The number of phenolic OH excluding ortho intramolecular Hbond substituents is 1. The normalized spacial score (nSPS) is 10.6. The Bertz CT molecular complexity index is 687. The van der Waals surface area contributed by atoms with Gasteiger partial charge >= 0.3 is 0 Å². The molecule has 0 radical (unpaired) electrons. The van der Waals surface area contributed by atoms with E-state index in [0.29, 0.717) is 10.6 Å². The predicted octanol–water partition coefficient (Wildman–Crippen LogP) is 2.75. The fourth-order valence-electron chi connectivity index (χ4n) is 1.84. The first-order valence-electron chi connectivity index (χ1n) is 6.52. The molecule has 0 spiro atoms. The van der Waals surface area contributed by atoms with Crippen molar-refractivity contribution in [2.75, 3.05) is 7.11 Å². The van der Waals surface area contributed by atoms with Gasteiger partial charge in [0.25, 0.3) is 0 Å². The minimum Gasteiger partial charge on any atom is -0.504 e. The summed E-state index contributed by atoms with van der Waals surface area (Å²) < 4.78 is 4.99. The zero-order valence-corrected chi connectivity index (χ0v) is 12.7. The number of rotatable bonds is 5. The number of hydrazone groups is 1. The van der Waals surface area contributed by atoms with E-state index in [2.05, 4.69) is 10.5 Å². The number of phenols is 1. The highest BCUT2D eigenvalue weighted by atomic mass is 35.5. The minimum atomic E-state index is -0.254. The molecule has 5 nitrogen and oxygen atoms in total. The number of hydrogen-bond donors (Lipinski definition) is 2. The van der Waals surface area contributed by atoms with Gasteiger partial charge in [-0.15, -0.1) is 0 Å². The molecule has 2 aromatic rings. The topological polar surface area (TPSA) is 70.9 Å². The number of nitrogens with one attached hydrogen (secondary N) is 1. The van der Waals surface area contributed by atoms with E-state index >= 15 is 0 Å². The van der Waals surface area contributed by atoms with Crippen molar-refractivity contribution in [2.45, 2.75) is 6.42 Å². The van der Waals surface area contributed by atoms with Crippen LogP contribution in [0.1, 0.15) is 11.1 Å². The Balaban J connectivity index is 2.01. The number of ether oxygens (including phenoxy) is 1. The number of nitrogens with zero attached hydrogens (tertiary/aromatic N) is 1. The summed E-state index contributed by atoms with van der Waals surface area (Å²) in [7, 11) is 1.42. The van der Waals surface area contributed by atoms with Gasteiger partial charge in [0, 0.05) is 16.7 Å². The van der Waals surface area contributed by atoms with Crippen molar-refractivity contribution < 1.29 is 14.6 Å². The fourth-order valence-corrected chi connectivity index (χ4v) is 2.06. The summed E-state index contributed by atoms with van der Waals surface area (Å²) in [6.07, 6.45) is 1.54. The number of benzene rings is 2. The lowest BCUT2D eigenvalue weighted by Gasteiger charge is -2.06. The Labute approximate surface area is 133 Å². The zero-order chi connectivity index (χ0) is 15.9. The van der Waals surface area contributed by atoms with Crippen LogP contribution in [-0.4, -0.2) is 24.3 Å². The number of carbonyl (C=O) groups is 1. The van der Waals surface area contributed by atoms with Crippen LogP contribution in [0, 0.1) is 0 Å². The van der Waals surface area contributed by atoms with Crippen molar-refractivity contribution >= 4 is 23.7 Å². The van der Waals surface area contributed by atoms with Crippen LogP contribution in [0.3, 0.4) is 0 Å². The molecule has 0 fully saturated rings. The number of halogens is 1. The van der Waals surface area contributed by atoms with Crippen LogP contribution >= 0.6 is 11.6 Å². The van der Waals surface area contributed by atoms with Crippen LogP contribution in [-0.2, 0) is 11.2 Å². The highest BCUT2D eigenvalue weighted by molar-refractivity contribution is 6.31. The Morgan fingerprint density at radius 2 is 2.09 bits per heavy atom. The van der Waals surface area contributed by atoms with Crippen molar-refractivity contribution in [3.05, 3.63) is 58.6 Å². The summed E-state index contributed by atoms with van der Waals surface area (Å²) in [6.45, 7) is 0. The molecular weight excluding hydrogens is 304 g/mol. The molecule has 0 aliphatic carbocycles. The van der Waals surface area contributed by atoms with Crippen LogP contribution in [0.5, 0.6) is 11.5 Å². The van der Waals surface area contributed by atoms with E-state index in [1.165, 1.54) is 25.5 Å². The monoisotopic (exact) mass is 318 g/mol. The largest absolute Gasteiger partial charge is 0.504 e. The molecule has 0 heterocycles. The number of methoxy groups -OCH3 is 1. The second kappa shape index (κ2) is 7.47. The van der Waals surface area contributed by atoms with E-state index in [1.54, 1.807) is 0 Å². The van der Waals surface area contributed by atoms with Crippen molar-refractivity contribution in [3.63, 3.8) is 0 Å². The van der Waals surface area contributed by atoms with E-state index in [9.17, 15) is 9.90 Å². The standard InChI is InChI=1S/C16H15ClN2O3/c1-22-14-9-13(17)8-12(16(14)21)10-18-19-15(20)7-11-5-3-2-4-6-11/h2-6,8-10,21H,7H2,1H3,(H,19,20). The zero-order valence-electron chi connectivity index (χ0n) is 11.9. The minimum absolute atomic E-state index is 0.0899. The highest BCUT2D eigenvalue weighted by Gasteiger charge is 2.08. The molecule has 0 aliphatic heterocycles. The molecule has 0 bridgehead atoms. The van der Waals surface area contributed by atoms with Gasteiger partial charge in [-0.25, -0.2) is 5.43 Å². The van der Waals surface area contributed by atoms with Gasteiger partial charge < -0.3 is 9.84 Å². The molecule has 22 heavy (non-hydrogen) atoms. The van der Waals surface area contributed by atoms with Crippen molar-refractivity contribution in [3.8, 4) is 11.5 Å². The third kappa shape index (κ3) is 4.23. The van der Waals surface area contributed by atoms with E-state index in [-0.39, 0.29) is 23.8 Å². The molecule has 0 unspecified atom stereocenters. The molecule has 0 aliphatic rings. The molecule has 2 aromatic carbocycles. The number of amides is 1. The second-order valence-electron chi connectivity index (χ2n) is 4.50. The van der Waals surface area contributed by atoms with Crippen LogP contribution in [0.4, 0.5) is 0 Å². The number of aromatic hydroxyl groups is 1. The molecule has 0 saturated heterocycles. The van der Waals surface area contributed by atoms with Gasteiger partial charge in [-0.3, -0.25) is 4.79 Å². The molecule has 0 aromatic heterocycles. The highest BCUT2D eigenvalue weighted by Crippen LogP contribution is 2.32. The SMILES string of the molecule is COc1cc(Cl)cc(C=NNC(=O)Cc2ccccc2)c1O. The molecule has 2 N–H and O–H groups in total. The van der Waals surface area contributed by atoms with Gasteiger partial charge in [-0.05, 0) is 11.6 Å². The fraction of sp³-hybridized carbons (Fsp3) is 0.125. The average Bonchev–Trinajstić information content (AvgIpc) is 2.51. The lowest BCUT2D eigenvalue weighted by atomic mass is 10.1. The molecule has 1 amide bonds. The van der Waals surface area contributed by atoms with Gasteiger partial charge in [0.1, 0.15) is 0 Å². The summed E-state index contributed by atoms with van der Waals surface area (Å²) in [5.74, 6) is -0.103. The number of hydrogen-bond acceptors (Lipinski definition) is 4. The maximum absolute atomic E-state index is 11.7. The summed E-state index contributed by atoms with van der Waals surface area (Å²) in [6, 6.07) is 12.3. The van der Waals surface area contributed by atoms with Gasteiger partial charge in [0.05, 0.1) is 19.7 Å². The summed E-state index contributed by atoms with van der Waals surface area (Å²) in [5.41, 5.74) is 3.64. The molecule has 114 valence electrons. The van der Waals surface area contributed by atoms with Crippen molar-refractivity contribution in [2.24, 2.45) is 5.10 Å². The van der Waals surface area contributed by atoms with E-state index < -0.39 is 0 Å². The van der Waals surface area contributed by atoms with Gasteiger partial charge in [0.2, 0.25) is 5.91 Å². The van der Waals surface area contributed by atoms with Crippen molar-refractivity contribution in [1.29, 1.82) is 0 Å². The Morgan fingerprint density at radius 3 is 2.77 bits per heavy atom. The lowest BCUT2D eigenvalue weighted by Crippen LogP contribution is -2.19. The Morgan fingerprint density at radius 1 is 1.36 bits per heavy atom.